The van der Waals surface area contributed by atoms with Crippen molar-refractivity contribution in [3.05, 3.63) is 24.0 Å². The Kier molecular flexibility index (Phi) is 2.45. The summed E-state index contributed by atoms with van der Waals surface area (Å²) in [7, 11) is 0. The van der Waals surface area contributed by atoms with Crippen LogP contribution in [0.5, 0.6) is 5.75 Å². The average molecular weight is 178 g/mol. The Hall–Kier alpha value is -1.09. The summed E-state index contributed by atoms with van der Waals surface area (Å²) in [4.78, 5) is 9.72. The molecule has 70 valence electrons. The molecule has 1 saturated heterocycles. The molecule has 0 bridgehead atoms. The van der Waals surface area contributed by atoms with Crippen LogP contribution in [0, 0.1) is 6.92 Å². The van der Waals surface area contributed by atoms with E-state index in [1.165, 1.54) is 12.8 Å². The third-order valence-electron chi connectivity index (χ3n) is 2.26. The highest BCUT2D eigenvalue weighted by Gasteiger charge is 2.13. The number of nitrogens with zero attached hydrogens (tertiary/aromatic N) is 2. The molecule has 0 aliphatic carbocycles. The van der Waals surface area contributed by atoms with Gasteiger partial charge in [-0.05, 0) is 19.8 Å². The molecule has 1 fully saturated rings. The first-order chi connectivity index (χ1) is 6.36. The van der Waals surface area contributed by atoms with Crippen molar-refractivity contribution in [2.75, 3.05) is 13.1 Å². The molecule has 0 saturated carbocycles. The molecule has 3 nitrogen and oxygen atoms in total. The van der Waals surface area contributed by atoms with Gasteiger partial charge in [0.1, 0.15) is 0 Å². The summed E-state index contributed by atoms with van der Waals surface area (Å²) in [5.74, 6) is 0.928. The molecule has 0 N–H and O–H groups in total. The zero-order valence-corrected chi connectivity index (χ0v) is 7.86. The van der Waals surface area contributed by atoms with Gasteiger partial charge in [0.25, 0.3) is 0 Å². The van der Waals surface area contributed by atoms with Gasteiger partial charge in [0.2, 0.25) is 0 Å². The van der Waals surface area contributed by atoms with Crippen LogP contribution in [0.15, 0.2) is 18.5 Å². The Morgan fingerprint density at radius 2 is 2.15 bits per heavy atom. The van der Waals surface area contributed by atoms with Crippen molar-refractivity contribution in [2.24, 2.45) is 0 Å². The van der Waals surface area contributed by atoms with Crippen LogP contribution < -0.4 is 4.84 Å². The lowest BCUT2D eigenvalue weighted by Gasteiger charge is -2.16. The minimum absolute atomic E-state index is 0.928. The lowest BCUT2D eigenvalue weighted by atomic mass is 10.3. The second kappa shape index (κ2) is 3.75. The molecular weight excluding hydrogens is 164 g/mol. The molecule has 3 heteroatoms. The number of hydrogen-bond donors (Lipinski definition) is 0. The summed E-state index contributed by atoms with van der Waals surface area (Å²) < 4.78 is 0. The fourth-order valence-electron chi connectivity index (χ4n) is 1.48. The second-order valence-electron chi connectivity index (χ2n) is 3.37. The molecule has 0 spiro atoms. The Morgan fingerprint density at radius 3 is 2.85 bits per heavy atom. The predicted molar refractivity (Wildman–Crippen MR) is 50.4 cm³/mol. The van der Waals surface area contributed by atoms with E-state index in [0.29, 0.717) is 0 Å². The molecule has 0 aromatic carbocycles. The van der Waals surface area contributed by atoms with Crippen LogP contribution in [0.2, 0.25) is 0 Å². The quantitative estimate of drug-likeness (QED) is 0.690. The van der Waals surface area contributed by atoms with Crippen molar-refractivity contribution in [2.45, 2.75) is 19.8 Å². The van der Waals surface area contributed by atoms with Gasteiger partial charge in [-0.25, -0.2) is 0 Å². The van der Waals surface area contributed by atoms with E-state index < -0.39 is 0 Å². The van der Waals surface area contributed by atoms with Crippen molar-refractivity contribution in [1.82, 2.24) is 10.0 Å². The highest BCUT2D eigenvalue weighted by Crippen LogP contribution is 2.18. The molecule has 2 heterocycles. The predicted octanol–water partition coefficient (Wildman–Crippen LogP) is 1.78. The molecule has 0 atom stereocenters. The molecule has 2 rings (SSSR count). The topological polar surface area (TPSA) is 25.4 Å². The van der Waals surface area contributed by atoms with Crippen LogP contribution in [0.1, 0.15) is 18.4 Å². The van der Waals surface area contributed by atoms with E-state index in [2.05, 4.69) is 4.98 Å². The van der Waals surface area contributed by atoms with Gasteiger partial charge < -0.3 is 4.84 Å². The van der Waals surface area contributed by atoms with Crippen LogP contribution in [0.3, 0.4) is 0 Å². The summed E-state index contributed by atoms with van der Waals surface area (Å²) in [6.45, 7) is 4.10. The molecule has 0 amide bonds. The number of aromatic nitrogens is 1. The Morgan fingerprint density at radius 1 is 1.38 bits per heavy atom. The Bertz CT molecular complexity index is 282. The summed E-state index contributed by atoms with van der Waals surface area (Å²) in [6, 6.07) is 1.91. The minimum atomic E-state index is 0.928. The van der Waals surface area contributed by atoms with Crippen molar-refractivity contribution >= 4 is 0 Å². The van der Waals surface area contributed by atoms with Crippen molar-refractivity contribution < 1.29 is 4.84 Å². The van der Waals surface area contributed by atoms with Crippen LogP contribution in [-0.4, -0.2) is 23.1 Å². The summed E-state index contributed by atoms with van der Waals surface area (Å²) in [5.41, 5.74) is 1.09. The maximum absolute atomic E-state index is 5.70. The van der Waals surface area contributed by atoms with Gasteiger partial charge in [-0.1, -0.05) is 0 Å². The fraction of sp³-hybridized carbons (Fsp3) is 0.500. The maximum atomic E-state index is 5.70. The third-order valence-corrected chi connectivity index (χ3v) is 2.26. The van der Waals surface area contributed by atoms with Crippen LogP contribution in [0.25, 0.3) is 0 Å². The van der Waals surface area contributed by atoms with E-state index in [9.17, 15) is 0 Å². The van der Waals surface area contributed by atoms with Crippen molar-refractivity contribution in [3.63, 3.8) is 0 Å². The number of aryl methyl sites for hydroxylation is 1. The molecule has 0 radical (unpaired) electrons. The van der Waals surface area contributed by atoms with Crippen LogP contribution in [0.4, 0.5) is 0 Å². The van der Waals surface area contributed by atoms with E-state index in [1.807, 2.05) is 24.3 Å². The smallest absolute Gasteiger partial charge is 0.153 e. The summed E-state index contributed by atoms with van der Waals surface area (Å²) in [5, 5.41) is 2.02. The maximum Gasteiger partial charge on any atom is 0.153 e. The van der Waals surface area contributed by atoms with Crippen LogP contribution >= 0.6 is 0 Å². The van der Waals surface area contributed by atoms with Crippen molar-refractivity contribution in [1.29, 1.82) is 0 Å². The molecule has 1 aromatic rings. The first kappa shape index (κ1) is 8.51. The Balaban J connectivity index is 2.04. The van der Waals surface area contributed by atoms with Crippen molar-refractivity contribution in [3.8, 4) is 5.75 Å². The minimum Gasteiger partial charge on any atom is -0.406 e. The standard InChI is InChI=1S/C10H14N2O/c1-9-8-11-5-4-10(9)13-12-6-2-3-7-12/h4-5,8H,2-3,6-7H2,1H3. The molecule has 1 aliphatic heterocycles. The highest BCUT2D eigenvalue weighted by atomic mass is 16.7. The number of hydroxylamine groups is 2. The number of pyridine rings is 1. The second-order valence-corrected chi connectivity index (χ2v) is 3.37. The molecule has 1 aromatic heterocycles. The van der Waals surface area contributed by atoms with E-state index in [1.54, 1.807) is 6.20 Å². The van der Waals surface area contributed by atoms with E-state index in [-0.39, 0.29) is 0 Å². The highest BCUT2D eigenvalue weighted by molar-refractivity contribution is 5.27. The van der Waals surface area contributed by atoms with Gasteiger partial charge in [0.15, 0.2) is 5.75 Å². The van der Waals surface area contributed by atoms with Gasteiger partial charge in [0, 0.05) is 37.1 Å². The van der Waals surface area contributed by atoms with E-state index in [0.717, 1.165) is 24.4 Å². The first-order valence-corrected chi connectivity index (χ1v) is 4.70. The number of rotatable bonds is 2. The van der Waals surface area contributed by atoms with Gasteiger partial charge in [0.05, 0.1) is 0 Å². The lowest BCUT2D eigenvalue weighted by molar-refractivity contribution is -0.0354. The fourth-order valence-corrected chi connectivity index (χ4v) is 1.48. The zero-order valence-electron chi connectivity index (χ0n) is 7.86. The lowest BCUT2D eigenvalue weighted by Crippen LogP contribution is -2.23. The molecular formula is C10H14N2O. The Labute approximate surface area is 78.3 Å². The van der Waals surface area contributed by atoms with Gasteiger partial charge in [-0.15, -0.1) is 5.06 Å². The first-order valence-electron chi connectivity index (χ1n) is 4.70. The monoisotopic (exact) mass is 178 g/mol. The third kappa shape index (κ3) is 1.98. The summed E-state index contributed by atoms with van der Waals surface area (Å²) in [6.07, 6.45) is 6.07. The van der Waals surface area contributed by atoms with Gasteiger partial charge in [-0.3, -0.25) is 4.98 Å². The van der Waals surface area contributed by atoms with Crippen LogP contribution in [-0.2, 0) is 0 Å². The normalized spacial score (nSPS) is 17.6. The average Bonchev–Trinajstić information content (AvgIpc) is 2.61. The van der Waals surface area contributed by atoms with E-state index >= 15 is 0 Å². The number of hydrogen-bond acceptors (Lipinski definition) is 3. The molecule has 0 unspecified atom stereocenters. The SMILES string of the molecule is Cc1cnccc1ON1CCCC1. The zero-order chi connectivity index (χ0) is 9.10. The van der Waals surface area contributed by atoms with Gasteiger partial charge in [-0.2, -0.15) is 0 Å². The van der Waals surface area contributed by atoms with E-state index in [4.69, 9.17) is 4.84 Å². The molecule has 1 aliphatic rings. The van der Waals surface area contributed by atoms with Gasteiger partial charge >= 0.3 is 0 Å². The molecule has 13 heavy (non-hydrogen) atoms. The summed E-state index contributed by atoms with van der Waals surface area (Å²) >= 11 is 0. The largest absolute Gasteiger partial charge is 0.406 e.